The lowest BCUT2D eigenvalue weighted by molar-refractivity contribution is -0.150. The maximum absolute atomic E-state index is 11.2. The summed E-state index contributed by atoms with van der Waals surface area (Å²) in [5.41, 5.74) is 2.27. The maximum Gasteiger partial charge on any atom is 0.302 e. The van der Waals surface area contributed by atoms with Gasteiger partial charge in [-0.3, -0.25) is 4.79 Å². The van der Waals surface area contributed by atoms with Crippen LogP contribution < -0.4 is 0 Å². The Morgan fingerprint density at radius 2 is 2.00 bits per heavy atom. The van der Waals surface area contributed by atoms with E-state index in [0.717, 1.165) is 29.3 Å². The molecular formula is C18H25BrO3. The molecule has 0 unspecified atom stereocenters. The van der Waals surface area contributed by atoms with Gasteiger partial charge in [-0.2, -0.15) is 0 Å². The molecule has 0 aliphatic heterocycles. The fraction of sp³-hybridized carbons (Fsp3) is 0.500. The molecule has 0 radical (unpaired) electrons. The normalized spacial score (nSPS) is 13.4. The fourth-order valence-electron chi connectivity index (χ4n) is 2.35. The number of rotatable bonds is 10. The minimum Gasteiger partial charge on any atom is -0.460 e. The molecule has 0 N–H and O–H groups in total. The Labute approximate surface area is 141 Å². The molecule has 0 saturated carbocycles. The first-order valence-corrected chi connectivity index (χ1v) is 8.65. The molecule has 0 fully saturated rings. The third kappa shape index (κ3) is 8.35. The highest BCUT2D eigenvalue weighted by atomic mass is 79.9. The molecule has 2 atom stereocenters. The largest absolute Gasteiger partial charge is 0.460 e. The Morgan fingerprint density at radius 3 is 2.59 bits per heavy atom. The van der Waals surface area contributed by atoms with Crippen molar-refractivity contribution >= 4 is 21.9 Å². The molecule has 0 aromatic heterocycles. The first-order valence-electron chi connectivity index (χ1n) is 7.52. The maximum atomic E-state index is 11.2. The third-order valence-electron chi connectivity index (χ3n) is 3.24. The number of hydrogen-bond donors (Lipinski definition) is 0. The lowest BCUT2D eigenvalue weighted by Gasteiger charge is -2.21. The summed E-state index contributed by atoms with van der Waals surface area (Å²) in [7, 11) is 0. The van der Waals surface area contributed by atoms with Crippen molar-refractivity contribution in [2.24, 2.45) is 5.92 Å². The van der Waals surface area contributed by atoms with E-state index in [2.05, 4.69) is 29.4 Å². The van der Waals surface area contributed by atoms with Crippen molar-refractivity contribution in [2.75, 3.05) is 11.9 Å². The number of hydrogen-bond acceptors (Lipinski definition) is 3. The van der Waals surface area contributed by atoms with E-state index >= 15 is 0 Å². The predicted octanol–water partition coefficient (Wildman–Crippen LogP) is 4.50. The summed E-state index contributed by atoms with van der Waals surface area (Å²) in [6, 6.07) is 9.98. The van der Waals surface area contributed by atoms with Gasteiger partial charge in [0.25, 0.3) is 0 Å². The molecule has 0 aliphatic carbocycles. The van der Waals surface area contributed by atoms with Crippen molar-refractivity contribution in [3.05, 3.63) is 48.0 Å². The van der Waals surface area contributed by atoms with Gasteiger partial charge < -0.3 is 9.47 Å². The second kappa shape index (κ2) is 10.6. The minimum absolute atomic E-state index is 0.209. The van der Waals surface area contributed by atoms with Crippen LogP contribution in [0.1, 0.15) is 32.3 Å². The van der Waals surface area contributed by atoms with Crippen LogP contribution in [-0.4, -0.2) is 24.0 Å². The van der Waals surface area contributed by atoms with Gasteiger partial charge in [0.15, 0.2) is 0 Å². The molecule has 22 heavy (non-hydrogen) atoms. The molecule has 0 heterocycles. The number of ether oxygens (including phenoxy) is 2. The van der Waals surface area contributed by atoms with Gasteiger partial charge in [0.05, 0.1) is 13.2 Å². The molecule has 1 rings (SSSR count). The molecule has 0 bridgehead atoms. The van der Waals surface area contributed by atoms with Crippen LogP contribution in [0.2, 0.25) is 0 Å². The number of benzene rings is 1. The van der Waals surface area contributed by atoms with Gasteiger partial charge >= 0.3 is 5.97 Å². The number of halogens is 1. The first-order chi connectivity index (χ1) is 10.5. The molecule has 0 amide bonds. The summed E-state index contributed by atoms with van der Waals surface area (Å²) < 4.78 is 11.1. The van der Waals surface area contributed by atoms with Crippen LogP contribution in [0, 0.1) is 5.92 Å². The molecule has 0 spiro atoms. The Balaban J connectivity index is 2.42. The fourth-order valence-corrected chi connectivity index (χ4v) is 2.58. The van der Waals surface area contributed by atoms with Crippen molar-refractivity contribution in [1.29, 1.82) is 0 Å². The Hall–Kier alpha value is -1.13. The number of carbonyl (C=O) groups is 1. The summed E-state index contributed by atoms with van der Waals surface area (Å²) in [5, 5.41) is 0.806. The highest BCUT2D eigenvalue weighted by Crippen LogP contribution is 2.19. The van der Waals surface area contributed by atoms with E-state index in [0.29, 0.717) is 19.1 Å². The summed E-state index contributed by atoms with van der Waals surface area (Å²) in [4.78, 5) is 11.2. The monoisotopic (exact) mass is 368 g/mol. The standard InChI is InChI=1S/C18H25BrO3/c1-14(9-15(2)11-19)10-18(22-16(3)20)13-21-12-17-7-5-4-6-8-17/h4-8,14,18H,2,9-13H2,1,3H3/t14-,18+/m0/s1. The number of alkyl halides is 1. The summed E-state index contributed by atoms with van der Waals surface area (Å²) >= 11 is 3.41. The van der Waals surface area contributed by atoms with E-state index < -0.39 is 0 Å². The molecule has 0 aliphatic rings. The Bertz CT molecular complexity index is 459. The number of esters is 1. The van der Waals surface area contributed by atoms with Crippen molar-refractivity contribution in [3.8, 4) is 0 Å². The Kier molecular flexibility index (Phi) is 9.09. The van der Waals surface area contributed by atoms with Gasteiger partial charge in [0, 0.05) is 12.3 Å². The van der Waals surface area contributed by atoms with Crippen LogP contribution in [0.5, 0.6) is 0 Å². The van der Waals surface area contributed by atoms with Gasteiger partial charge in [-0.05, 0) is 24.3 Å². The zero-order valence-corrected chi connectivity index (χ0v) is 15.0. The van der Waals surface area contributed by atoms with Crippen LogP contribution in [-0.2, 0) is 20.9 Å². The summed E-state index contributed by atoms with van der Waals surface area (Å²) in [6.45, 7) is 8.52. The third-order valence-corrected chi connectivity index (χ3v) is 4.03. The average Bonchev–Trinajstić information content (AvgIpc) is 2.47. The van der Waals surface area contributed by atoms with Gasteiger partial charge in [0.1, 0.15) is 6.10 Å². The highest BCUT2D eigenvalue weighted by molar-refractivity contribution is 9.09. The molecule has 4 heteroatoms. The number of allylic oxidation sites excluding steroid dienone is 1. The predicted molar refractivity (Wildman–Crippen MR) is 93.0 cm³/mol. The molecule has 3 nitrogen and oxygen atoms in total. The van der Waals surface area contributed by atoms with Gasteiger partial charge in [-0.15, -0.1) is 0 Å². The SMILES string of the molecule is C=C(CBr)C[C@H](C)C[C@H](COCc1ccccc1)OC(C)=O. The van der Waals surface area contributed by atoms with Crippen molar-refractivity contribution in [3.63, 3.8) is 0 Å². The Morgan fingerprint density at radius 1 is 1.32 bits per heavy atom. The zero-order chi connectivity index (χ0) is 16.4. The second-order valence-electron chi connectivity index (χ2n) is 5.66. The first kappa shape index (κ1) is 18.9. The van der Waals surface area contributed by atoms with Crippen LogP contribution in [0.4, 0.5) is 0 Å². The van der Waals surface area contributed by atoms with Gasteiger partial charge in [0.2, 0.25) is 0 Å². The quantitative estimate of drug-likeness (QED) is 0.346. The minimum atomic E-state index is -0.264. The molecular weight excluding hydrogens is 344 g/mol. The summed E-state index contributed by atoms with van der Waals surface area (Å²) in [5.74, 6) is 0.134. The van der Waals surface area contributed by atoms with Gasteiger partial charge in [-0.1, -0.05) is 65.3 Å². The molecule has 122 valence electrons. The van der Waals surface area contributed by atoms with Crippen LogP contribution in [0.25, 0.3) is 0 Å². The van der Waals surface area contributed by atoms with Crippen LogP contribution >= 0.6 is 15.9 Å². The topological polar surface area (TPSA) is 35.5 Å². The average molecular weight is 369 g/mol. The van der Waals surface area contributed by atoms with Crippen molar-refractivity contribution in [2.45, 2.75) is 39.4 Å². The highest BCUT2D eigenvalue weighted by Gasteiger charge is 2.17. The second-order valence-corrected chi connectivity index (χ2v) is 6.22. The molecule has 1 aromatic carbocycles. The van der Waals surface area contributed by atoms with E-state index in [1.165, 1.54) is 6.92 Å². The zero-order valence-electron chi connectivity index (χ0n) is 13.4. The molecule has 1 aromatic rings. The van der Waals surface area contributed by atoms with E-state index in [-0.39, 0.29) is 12.1 Å². The van der Waals surface area contributed by atoms with E-state index in [1.54, 1.807) is 0 Å². The molecule has 0 saturated heterocycles. The van der Waals surface area contributed by atoms with E-state index in [4.69, 9.17) is 9.47 Å². The lowest BCUT2D eigenvalue weighted by atomic mass is 9.97. The van der Waals surface area contributed by atoms with Crippen LogP contribution in [0.15, 0.2) is 42.5 Å². The van der Waals surface area contributed by atoms with Crippen molar-refractivity contribution < 1.29 is 14.3 Å². The van der Waals surface area contributed by atoms with Crippen molar-refractivity contribution in [1.82, 2.24) is 0 Å². The lowest BCUT2D eigenvalue weighted by Crippen LogP contribution is -2.25. The smallest absolute Gasteiger partial charge is 0.302 e. The van der Waals surface area contributed by atoms with Crippen LogP contribution in [0.3, 0.4) is 0 Å². The number of carbonyl (C=O) groups excluding carboxylic acids is 1. The van der Waals surface area contributed by atoms with E-state index in [9.17, 15) is 4.79 Å². The van der Waals surface area contributed by atoms with Gasteiger partial charge in [-0.25, -0.2) is 0 Å². The summed E-state index contributed by atoms with van der Waals surface area (Å²) in [6.07, 6.45) is 1.49. The van der Waals surface area contributed by atoms with E-state index in [1.807, 2.05) is 30.3 Å².